The van der Waals surface area contributed by atoms with E-state index in [1.165, 1.54) is 17.4 Å². The number of nitrogens with zero attached hydrogens (tertiary/aromatic N) is 1. The molecule has 0 radical (unpaired) electrons. The molecule has 2 rings (SSSR count). The van der Waals surface area contributed by atoms with Gasteiger partial charge < -0.3 is 10.6 Å². The first-order chi connectivity index (χ1) is 10.5. The fourth-order valence-electron chi connectivity index (χ4n) is 1.88. The number of nitrogens with one attached hydrogen (secondary N) is 2. The van der Waals surface area contributed by atoms with Crippen LogP contribution < -0.4 is 10.6 Å². The molecule has 5 nitrogen and oxygen atoms in total. The number of aryl methyl sites for hydroxylation is 2. The summed E-state index contributed by atoms with van der Waals surface area (Å²) >= 11 is 1.54. The molecule has 0 aliphatic rings. The van der Waals surface area contributed by atoms with Gasteiger partial charge in [0.2, 0.25) is 5.91 Å². The van der Waals surface area contributed by atoms with Gasteiger partial charge in [-0.15, -0.1) is 11.3 Å². The first-order valence-electron chi connectivity index (χ1n) is 6.73. The highest BCUT2D eigenvalue weighted by Gasteiger charge is 2.07. The normalized spacial score (nSPS) is 10.7. The molecule has 22 heavy (non-hydrogen) atoms. The van der Waals surface area contributed by atoms with Gasteiger partial charge in [0.1, 0.15) is 0 Å². The molecule has 1 aromatic carbocycles. The Labute approximate surface area is 133 Å². The van der Waals surface area contributed by atoms with E-state index in [9.17, 15) is 9.59 Å². The number of hydrogen-bond donors (Lipinski definition) is 2. The lowest BCUT2D eigenvalue weighted by Crippen LogP contribution is -2.18. The number of carbonyl (C=O) groups excluding carboxylic acids is 2. The average Bonchev–Trinajstić information content (AvgIpc) is 2.92. The maximum atomic E-state index is 11.9. The molecule has 6 heteroatoms. The molecule has 1 aromatic heterocycles. The Bertz CT molecular complexity index is 735. The summed E-state index contributed by atoms with van der Waals surface area (Å²) in [6.07, 6.45) is 3.12. The summed E-state index contributed by atoms with van der Waals surface area (Å²) < 4.78 is 0. The van der Waals surface area contributed by atoms with Gasteiger partial charge in [-0.2, -0.15) is 0 Å². The molecule has 0 saturated heterocycles. The van der Waals surface area contributed by atoms with Crippen molar-refractivity contribution < 1.29 is 9.59 Å². The third kappa shape index (κ3) is 4.02. The molecule has 0 bridgehead atoms. The van der Waals surface area contributed by atoms with Crippen molar-refractivity contribution in [2.75, 3.05) is 12.4 Å². The molecule has 0 fully saturated rings. The highest BCUT2D eigenvalue weighted by atomic mass is 32.1. The van der Waals surface area contributed by atoms with E-state index in [1.807, 2.05) is 19.2 Å². The number of hydrogen-bond acceptors (Lipinski definition) is 4. The summed E-state index contributed by atoms with van der Waals surface area (Å²) in [7, 11) is 1.58. The van der Waals surface area contributed by atoms with Crippen LogP contribution in [0.1, 0.15) is 26.6 Å². The van der Waals surface area contributed by atoms with Gasteiger partial charge in [-0.05, 0) is 43.7 Å². The summed E-state index contributed by atoms with van der Waals surface area (Å²) in [6.45, 7) is 3.76. The second-order valence-electron chi connectivity index (χ2n) is 4.72. The molecule has 0 atom stereocenters. The van der Waals surface area contributed by atoms with Crippen LogP contribution in [-0.2, 0) is 4.79 Å². The van der Waals surface area contributed by atoms with Crippen molar-refractivity contribution in [1.82, 2.24) is 10.3 Å². The van der Waals surface area contributed by atoms with Crippen LogP contribution in [0.2, 0.25) is 0 Å². The second-order valence-corrected chi connectivity index (χ2v) is 5.79. The van der Waals surface area contributed by atoms with Gasteiger partial charge >= 0.3 is 0 Å². The van der Waals surface area contributed by atoms with Gasteiger partial charge in [0.25, 0.3) is 5.91 Å². The maximum absolute atomic E-state index is 11.9. The van der Waals surface area contributed by atoms with Crippen molar-refractivity contribution in [3.63, 3.8) is 0 Å². The largest absolute Gasteiger partial charge is 0.355 e. The molecule has 0 unspecified atom stereocenters. The monoisotopic (exact) mass is 315 g/mol. The van der Waals surface area contributed by atoms with Crippen molar-refractivity contribution in [2.24, 2.45) is 0 Å². The molecular weight excluding hydrogens is 298 g/mol. The van der Waals surface area contributed by atoms with Crippen molar-refractivity contribution >= 4 is 34.9 Å². The average molecular weight is 315 g/mol. The van der Waals surface area contributed by atoms with Crippen LogP contribution in [0.15, 0.2) is 29.7 Å². The Balaban J connectivity index is 2.05. The van der Waals surface area contributed by atoms with Gasteiger partial charge in [0.05, 0.1) is 10.7 Å². The van der Waals surface area contributed by atoms with E-state index >= 15 is 0 Å². The predicted octanol–water partition coefficient (Wildman–Crippen LogP) is 2.77. The van der Waals surface area contributed by atoms with E-state index in [2.05, 4.69) is 15.6 Å². The minimum absolute atomic E-state index is 0.153. The number of rotatable bonds is 4. The molecular formula is C16H17N3O2S. The van der Waals surface area contributed by atoms with Gasteiger partial charge in [0.15, 0.2) is 0 Å². The van der Waals surface area contributed by atoms with Crippen molar-refractivity contribution in [1.29, 1.82) is 0 Å². The zero-order valence-corrected chi connectivity index (χ0v) is 13.5. The lowest BCUT2D eigenvalue weighted by atomic mass is 10.1. The summed E-state index contributed by atoms with van der Waals surface area (Å²) in [4.78, 5) is 27.7. The Morgan fingerprint density at radius 2 is 2.05 bits per heavy atom. The van der Waals surface area contributed by atoms with E-state index in [0.717, 1.165) is 16.3 Å². The fraction of sp³-hybridized carbons (Fsp3) is 0.188. The van der Waals surface area contributed by atoms with E-state index in [4.69, 9.17) is 0 Å². The molecule has 2 aromatic rings. The fourth-order valence-corrected chi connectivity index (χ4v) is 2.46. The van der Waals surface area contributed by atoms with Crippen LogP contribution in [0.25, 0.3) is 6.08 Å². The van der Waals surface area contributed by atoms with E-state index < -0.39 is 0 Å². The third-order valence-electron chi connectivity index (χ3n) is 3.02. The topological polar surface area (TPSA) is 71.1 Å². The second kappa shape index (κ2) is 7.00. The number of anilines is 1. The van der Waals surface area contributed by atoms with Crippen LogP contribution in [0.4, 0.5) is 5.69 Å². The van der Waals surface area contributed by atoms with Crippen molar-refractivity contribution in [2.45, 2.75) is 13.8 Å². The smallest absolute Gasteiger partial charge is 0.251 e. The minimum Gasteiger partial charge on any atom is -0.355 e. The number of carbonyl (C=O) groups is 2. The Hall–Kier alpha value is -2.47. The van der Waals surface area contributed by atoms with E-state index in [1.54, 1.807) is 31.3 Å². The molecule has 2 amide bonds. The summed E-state index contributed by atoms with van der Waals surface area (Å²) in [5, 5.41) is 8.21. The van der Waals surface area contributed by atoms with Crippen molar-refractivity contribution in [3.8, 4) is 0 Å². The molecule has 0 spiro atoms. The zero-order valence-electron chi connectivity index (χ0n) is 12.6. The van der Waals surface area contributed by atoms with Crippen LogP contribution in [0, 0.1) is 13.8 Å². The lowest BCUT2D eigenvalue weighted by molar-refractivity contribution is -0.111. The molecule has 1 heterocycles. The van der Waals surface area contributed by atoms with Gasteiger partial charge in [-0.3, -0.25) is 9.59 Å². The summed E-state index contributed by atoms with van der Waals surface area (Å²) in [5.41, 5.74) is 2.83. The van der Waals surface area contributed by atoms with Crippen LogP contribution in [0.5, 0.6) is 0 Å². The first kappa shape index (κ1) is 15.9. The standard InChI is InChI=1S/C16H17N3O2S/c1-10-8-12(16(21)17-3)4-6-14(10)19-15(20)7-5-13-9-22-11(2)18-13/h4-9H,1-3H3,(H,17,21)(H,19,20)/b7-5+. The molecule has 0 saturated carbocycles. The number of benzene rings is 1. The number of amides is 2. The van der Waals surface area contributed by atoms with E-state index in [0.29, 0.717) is 11.3 Å². The minimum atomic E-state index is -0.235. The van der Waals surface area contributed by atoms with Crippen LogP contribution >= 0.6 is 11.3 Å². The molecule has 0 aliphatic heterocycles. The van der Waals surface area contributed by atoms with Crippen molar-refractivity contribution in [3.05, 3.63) is 51.5 Å². The first-order valence-corrected chi connectivity index (χ1v) is 7.61. The van der Waals surface area contributed by atoms with Gasteiger partial charge in [-0.1, -0.05) is 0 Å². The highest BCUT2D eigenvalue weighted by Crippen LogP contribution is 2.17. The van der Waals surface area contributed by atoms with Gasteiger partial charge in [-0.25, -0.2) is 4.98 Å². The lowest BCUT2D eigenvalue weighted by Gasteiger charge is -2.08. The molecule has 0 aliphatic carbocycles. The van der Waals surface area contributed by atoms with Crippen LogP contribution in [-0.4, -0.2) is 23.8 Å². The summed E-state index contributed by atoms with van der Waals surface area (Å²) in [6, 6.07) is 5.13. The van der Waals surface area contributed by atoms with Crippen LogP contribution in [0.3, 0.4) is 0 Å². The quantitative estimate of drug-likeness (QED) is 0.852. The SMILES string of the molecule is CNC(=O)c1ccc(NC(=O)/C=C/c2csc(C)n2)c(C)c1. The predicted molar refractivity (Wildman–Crippen MR) is 89.1 cm³/mol. The summed E-state index contributed by atoms with van der Waals surface area (Å²) in [5.74, 6) is -0.388. The maximum Gasteiger partial charge on any atom is 0.251 e. The Morgan fingerprint density at radius 3 is 2.64 bits per heavy atom. The molecule has 114 valence electrons. The zero-order chi connectivity index (χ0) is 16.1. The number of aromatic nitrogens is 1. The molecule has 2 N–H and O–H groups in total. The van der Waals surface area contributed by atoms with E-state index in [-0.39, 0.29) is 11.8 Å². The van der Waals surface area contributed by atoms with Gasteiger partial charge in [0, 0.05) is 29.8 Å². The Kier molecular flexibility index (Phi) is 5.06. The highest BCUT2D eigenvalue weighted by molar-refractivity contribution is 7.09. The Morgan fingerprint density at radius 1 is 1.27 bits per heavy atom. The number of thiazole rings is 1. The third-order valence-corrected chi connectivity index (χ3v) is 3.81.